The van der Waals surface area contributed by atoms with Gasteiger partial charge in [0.15, 0.2) is 0 Å². The van der Waals surface area contributed by atoms with Crippen LogP contribution < -0.4 is 10.1 Å². The Hall–Kier alpha value is -2.59. The summed E-state index contributed by atoms with van der Waals surface area (Å²) in [5, 5.41) is 11.7. The molecular formula is C33H53N3O5Si. The summed E-state index contributed by atoms with van der Waals surface area (Å²) in [5.41, 5.74) is 3.00. The van der Waals surface area contributed by atoms with Crippen LogP contribution in [0.5, 0.6) is 5.75 Å². The Bertz CT molecular complexity index is 985. The highest BCUT2D eigenvalue weighted by Crippen LogP contribution is 2.22. The number of nitrogens with one attached hydrogen (secondary N) is 1. The highest BCUT2D eigenvalue weighted by molar-refractivity contribution is 6.60. The van der Waals surface area contributed by atoms with Crippen molar-refractivity contribution in [1.82, 2.24) is 5.32 Å². The molecule has 0 bridgehead atoms. The average Bonchev–Trinajstić information content (AvgIpc) is 3.00. The van der Waals surface area contributed by atoms with Crippen LogP contribution in [0.1, 0.15) is 91.0 Å². The van der Waals surface area contributed by atoms with Crippen molar-refractivity contribution in [2.45, 2.75) is 97.9 Å². The topological polar surface area (TPSA) is 90.7 Å². The summed E-state index contributed by atoms with van der Waals surface area (Å²) in [6.45, 7) is 11.0. The number of benzene rings is 2. The minimum atomic E-state index is -2.64. The highest BCUT2D eigenvalue weighted by Gasteiger charge is 2.39. The number of ether oxygens (including phenoxy) is 1. The Morgan fingerprint density at radius 1 is 0.714 bits per heavy atom. The summed E-state index contributed by atoms with van der Waals surface area (Å²) in [6, 6.07) is 16.7. The van der Waals surface area contributed by atoms with Gasteiger partial charge < -0.3 is 23.3 Å². The lowest BCUT2D eigenvalue weighted by molar-refractivity contribution is -0.121. The van der Waals surface area contributed by atoms with E-state index in [9.17, 15) is 4.79 Å². The maximum absolute atomic E-state index is 12.2. The number of rotatable bonds is 24. The van der Waals surface area contributed by atoms with Gasteiger partial charge in [-0.2, -0.15) is 10.2 Å². The van der Waals surface area contributed by atoms with Crippen molar-refractivity contribution >= 4 is 26.1 Å². The van der Waals surface area contributed by atoms with E-state index in [1.165, 1.54) is 31.2 Å². The molecule has 42 heavy (non-hydrogen) atoms. The molecular weight excluding hydrogens is 546 g/mol. The van der Waals surface area contributed by atoms with E-state index in [1.54, 1.807) is 0 Å². The number of azo groups is 1. The number of unbranched alkanes of at least 4 members (excludes halogenated alkanes) is 5. The van der Waals surface area contributed by atoms with E-state index < -0.39 is 8.80 Å². The zero-order valence-corrected chi connectivity index (χ0v) is 27.4. The van der Waals surface area contributed by atoms with Crippen LogP contribution in [-0.4, -0.2) is 47.7 Å². The van der Waals surface area contributed by atoms with E-state index in [4.69, 9.17) is 18.0 Å². The number of nitrogens with zero attached hydrogens (tertiary/aromatic N) is 2. The lowest BCUT2D eigenvalue weighted by Crippen LogP contribution is -2.46. The van der Waals surface area contributed by atoms with Crippen LogP contribution in [-0.2, 0) is 24.5 Å². The molecule has 8 nitrogen and oxygen atoms in total. The van der Waals surface area contributed by atoms with Crippen LogP contribution in [0, 0.1) is 0 Å². The second-order valence-corrected chi connectivity index (χ2v) is 13.0. The fourth-order valence-corrected chi connectivity index (χ4v) is 7.20. The summed E-state index contributed by atoms with van der Waals surface area (Å²) in [6.07, 6.45) is 10.2. The third-order valence-corrected chi connectivity index (χ3v) is 9.92. The number of hydrogen-bond donors (Lipinski definition) is 1. The molecule has 1 N–H and O–H groups in total. The molecule has 0 aliphatic carbocycles. The number of carbonyl (C=O) groups is 1. The van der Waals surface area contributed by atoms with Crippen molar-refractivity contribution < 1.29 is 22.8 Å². The van der Waals surface area contributed by atoms with Crippen LogP contribution in [0.3, 0.4) is 0 Å². The quantitative estimate of drug-likeness (QED) is 0.0740. The second-order valence-electron chi connectivity index (χ2n) is 10.3. The zero-order chi connectivity index (χ0) is 30.3. The van der Waals surface area contributed by atoms with Gasteiger partial charge in [0, 0.05) is 38.8 Å². The summed E-state index contributed by atoms with van der Waals surface area (Å²) in [4.78, 5) is 12.2. The van der Waals surface area contributed by atoms with Crippen LogP contribution in [0.2, 0.25) is 6.04 Å². The van der Waals surface area contributed by atoms with Gasteiger partial charge in [0.1, 0.15) is 5.75 Å². The van der Waals surface area contributed by atoms with E-state index >= 15 is 0 Å². The van der Waals surface area contributed by atoms with E-state index in [0.717, 1.165) is 49.2 Å². The third kappa shape index (κ3) is 15.0. The lowest BCUT2D eigenvalue weighted by Gasteiger charge is -2.28. The minimum Gasteiger partial charge on any atom is -0.494 e. The Kier molecular flexibility index (Phi) is 18.7. The largest absolute Gasteiger partial charge is 0.500 e. The predicted molar refractivity (Wildman–Crippen MR) is 172 cm³/mol. The molecule has 0 radical (unpaired) electrons. The fraction of sp³-hybridized carbons (Fsp3) is 0.606. The van der Waals surface area contributed by atoms with Crippen molar-refractivity contribution in [3.8, 4) is 5.75 Å². The smallest absolute Gasteiger partial charge is 0.494 e. The van der Waals surface area contributed by atoms with Crippen LogP contribution in [0.4, 0.5) is 11.4 Å². The molecule has 0 spiro atoms. The number of carbonyl (C=O) groups excluding carboxylic acids is 1. The van der Waals surface area contributed by atoms with Gasteiger partial charge in [-0.15, -0.1) is 0 Å². The molecule has 0 atom stereocenters. The van der Waals surface area contributed by atoms with E-state index in [1.807, 2.05) is 57.2 Å². The van der Waals surface area contributed by atoms with Crippen LogP contribution in [0.25, 0.3) is 0 Å². The van der Waals surface area contributed by atoms with Gasteiger partial charge in [0.25, 0.3) is 0 Å². The number of aryl methyl sites for hydroxylation is 1. The van der Waals surface area contributed by atoms with Crippen molar-refractivity contribution in [2.75, 3.05) is 33.0 Å². The van der Waals surface area contributed by atoms with Gasteiger partial charge in [-0.05, 0) is 101 Å². The fourth-order valence-electron chi connectivity index (χ4n) is 4.59. The van der Waals surface area contributed by atoms with Crippen LogP contribution >= 0.6 is 0 Å². The van der Waals surface area contributed by atoms with Gasteiger partial charge in [-0.3, -0.25) is 4.79 Å². The molecule has 0 aliphatic rings. The molecule has 2 aromatic rings. The van der Waals surface area contributed by atoms with Gasteiger partial charge in [0.2, 0.25) is 5.91 Å². The first kappa shape index (κ1) is 35.6. The maximum atomic E-state index is 12.2. The Labute approximate surface area is 255 Å². The molecule has 1 amide bonds. The lowest BCUT2D eigenvalue weighted by atomic mass is 10.1. The molecule has 9 heteroatoms. The molecule has 0 aromatic heterocycles. The van der Waals surface area contributed by atoms with Gasteiger partial charge in [-0.25, -0.2) is 0 Å². The Balaban J connectivity index is 1.57. The van der Waals surface area contributed by atoms with Gasteiger partial charge in [-0.1, -0.05) is 38.3 Å². The molecule has 0 saturated carbocycles. The molecule has 234 valence electrons. The van der Waals surface area contributed by atoms with Crippen molar-refractivity contribution in [1.29, 1.82) is 0 Å². The van der Waals surface area contributed by atoms with Gasteiger partial charge >= 0.3 is 8.80 Å². The van der Waals surface area contributed by atoms with E-state index in [0.29, 0.717) is 45.4 Å². The zero-order valence-electron chi connectivity index (χ0n) is 26.4. The monoisotopic (exact) mass is 599 g/mol. The van der Waals surface area contributed by atoms with Crippen molar-refractivity contribution in [3.63, 3.8) is 0 Å². The first-order valence-corrected chi connectivity index (χ1v) is 17.9. The van der Waals surface area contributed by atoms with Crippen molar-refractivity contribution in [3.05, 3.63) is 54.1 Å². The molecule has 0 aliphatic heterocycles. The van der Waals surface area contributed by atoms with Gasteiger partial charge in [0.05, 0.1) is 18.0 Å². The Morgan fingerprint density at radius 2 is 1.31 bits per heavy atom. The first-order chi connectivity index (χ1) is 20.5. The average molecular weight is 600 g/mol. The van der Waals surface area contributed by atoms with Crippen LogP contribution in [0.15, 0.2) is 58.8 Å². The Morgan fingerprint density at radius 3 is 1.90 bits per heavy atom. The molecule has 0 heterocycles. The minimum absolute atomic E-state index is 0.0792. The highest BCUT2D eigenvalue weighted by atomic mass is 28.4. The summed E-state index contributed by atoms with van der Waals surface area (Å²) in [5.74, 6) is 0.889. The summed E-state index contributed by atoms with van der Waals surface area (Å²) < 4.78 is 23.4. The second kappa shape index (κ2) is 22.0. The standard InChI is InChI=1S/C33H53N3O5Si/c1-5-9-10-12-16-29-18-20-30(21-19-29)35-36-31-22-24-32(25-23-31)38-27-14-11-13-17-33(37)34-26-15-28-42(39-6-2,40-7-3)41-8-4/h18-25H,5-17,26-28H2,1-4H3,(H,34,37). The predicted octanol–water partition coefficient (Wildman–Crippen LogP) is 8.72. The maximum Gasteiger partial charge on any atom is 0.500 e. The molecule has 0 unspecified atom stereocenters. The SMILES string of the molecule is CCCCCCc1ccc(N=Nc2ccc(OCCCCCC(=O)NCCC[Si](OCC)(OCC)OCC)cc2)cc1. The molecule has 2 rings (SSSR count). The number of amides is 1. The first-order valence-electron chi connectivity index (χ1n) is 16.0. The number of hydrogen-bond acceptors (Lipinski definition) is 7. The molecule has 2 aromatic carbocycles. The molecule has 0 saturated heterocycles. The molecule has 0 fully saturated rings. The third-order valence-electron chi connectivity index (χ3n) is 6.76. The van der Waals surface area contributed by atoms with Crippen molar-refractivity contribution in [2.24, 2.45) is 10.2 Å². The summed E-state index contributed by atoms with van der Waals surface area (Å²) in [7, 11) is -2.64. The summed E-state index contributed by atoms with van der Waals surface area (Å²) >= 11 is 0. The van der Waals surface area contributed by atoms with E-state index in [2.05, 4.69) is 34.6 Å². The normalized spacial score (nSPS) is 11.7. The van der Waals surface area contributed by atoms with E-state index in [-0.39, 0.29) is 5.91 Å².